The number of methoxy groups -OCH3 is 1. The molecule has 1 aliphatic heterocycles. The molecule has 0 spiro atoms. The van der Waals surface area contributed by atoms with Gasteiger partial charge in [-0.05, 0) is 30.3 Å². The number of hydrogen-bond acceptors (Lipinski definition) is 6. The van der Waals surface area contributed by atoms with E-state index in [2.05, 4.69) is 20.1 Å². The van der Waals surface area contributed by atoms with Gasteiger partial charge in [0.05, 0.1) is 18.2 Å². The quantitative estimate of drug-likeness (QED) is 0.402. The van der Waals surface area contributed by atoms with Crippen LogP contribution in [0, 0.1) is 0 Å². The Hall–Kier alpha value is -3.81. The molecule has 0 fully saturated rings. The molecule has 2 amide bonds. The van der Waals surface area contributed by atoms with Gasteiger partial charge >= 0.3 is 24.4 Å². The predicted octanol–water partition coefficient (Wildman–Crippen LogP) is 4.44. The highest BCUT2D eigenvalue weighted by atomic mass is 19.4. The van der Waals surface area contributed by atoms with Crippen LogP contribution in [-0.4, -0.2) is 28.7 Å². The number of esters is 1. The summed E-state index contributed by atoms with van der Waals surface area (Å²) >= 11 is 0. The zero-order valence-corrected chi connectivity index (χ0v) is 16.6. The fourth-order valence-electron chi connectivity index (χ4n) is 3.20. The maximum Gasteiger partial charge on any atom is 0.447 e. The van der Waals surface area contributed by atoms with Gasteiger partial charge in [-0.25, -0.2) is 9.59 Å². The molecule has 174 valence electrons. The number of halogens is 6. The van der Waals surface area contributed by atoms with E-state index >= 15 is 0 Å². The number of quaternary nitrogens is 1. The van der Waals surface area contributed by atoms with E-state index in [9.17, 15) is 35.9 Å². The summed E-state index contributed by atoms with van der Waals surface area (Å²) in [5.74, 6) is -1.05. The summed E-state index contributed by atoms with van der Waals surface area (Å²) in [7, 11) is 1.01. The number of primary amides is 1. The molecule has 3 rings (SSSR count). The number of hydrogen-bond donors (Lipinski definition) is 1. The molecule has 2 aromatic rings. The Morgan fingerprint density at radius 1 is 1.00 bits per heavy atom. The second-order valence-electron chi connectivity index (χ2n) is 6.79. The summed E-state index contributed by atoms with van der Waals surface area (Å²) in [4.78, 5) is 28.5. The maximum atomic E-state index is 13.3. The molecule has 2 heterocycles. The number of ether oxygens (including phenoxy) is 1. The van der Waals surface area contributed by atoms with Crippen LogP contribution in [0.3, 0.4) is 0 Å². The third-order valence-electron chi connectivity index (χ3n) is 4.65. The lowest BCUT2D eigenvalue weighted by Crippen LogP contribution is -2.48. The number of rotatable bonds is 4. The van der Waals surface area contributed by atoms with Gasteiger partial charge in [0.2, 0.25) is 11.4 Å². The minimum atomic E-state index is -5.11. The third kappa shape index (κ3) is 4.55. The Labute approximate surface area is 181 Å². The number of nitrogens with zero attached hydrogens (tertiary/aromatic N) is 4. The van der Waals surface area contributed by atoms with Gasteiger partial charge in [0.25, 0.3) is 0 Å². The highest BCUT2D eigenvalue weighted by Gasteiger charge is 2.51. The number of aromatic nitrogens is 1. The van der Waals surface area contributed by atoms with Gasteiger partial charge < -0.3 is 10.5 Å². The fourth-order valence-corrected chi connectivity index (χ4v) is 3.20. The second-order valence-corrected chi connectivity index (χ2v) is 6.79. The van der Waals surface area contributed by atoms with Gasteiger partial charge in [-0.15, -0.1) is 0 Å². The molecule has 1 atom stereocenters. The van der Waals surface area contributed by atoms with Crippen molar-refractivity contribution in [2.75, 3.05) is 7.11 Å². The van der Waals surface area contributed by atoms with E-state index in [0.29, 0.717) is 12.1 Å². The van der Waals surface area contributed by atoms with E-state index in [1.165, 1.54) is 24.5 Å². The molecule has 0 bridgehead atoms. The molecule has 33 heavy (non-hydrogen) atoms. The van der Waals surface area contributed by atoms with Gasteiger partial charge in [0, 0.05) is 28.7 Å². The Bertz CT molecular complexity index is 1130. The molecular weight excluding hydrogens is 460 g/mol. The first-order chi connectivity index (χ1) is 15.3. The number of pyridine rings is 1. The maximum absolute atomic E-state index is 13.3. The van der Waals surface area contributed by atoms with Gasteiger partial charge in [0.15, 0.2) is 0 Å². The van der Waals surface area contributed by atoms with E-state index < -0.39 is 57.9 Å². The van der Waals surface area contributed by atoms with E-state index in [4.69, 9.17) is 5.73 Å². The van der Waals surface area contributed by atoms with Crippen LogP contribution in [0.25, 0.3) is 5.70 Å². The van der Waals surface area contributed by atoms with E-state index in [-0.39, 0.29) is 17.3 Å². The van der Waals surface area contributed by atoms with Gasteiger partial charge in [-0.2, -0.15) is 26.3 Å². The van der Waals surface area contributed by atoms with Crippen LogP contribution >= 0.6 is 0 Å². The third-order valence-corrected chi connectivity index (χ3v) is 4.65. The number of carbonyl (C=O) groups is 2. The largest absolute Gasteiger partial charge is 0.464 e. The first-order valence-corrected chi connectivity index (χ1v) is 8.93. The van der Waals surface area contributed by atoms with Crippen LogP contribution in [0.2, 0.25) is 0 Å². The summed E-state index contributed by atoms with van der Waals surface area (Å²) < 4.78 is 82.9. The number of alkyl halides is 6. The highest BCUT2D eigenvalue weighted by molar-refractivity contribution is 5.97. The molecule has 1 aromatic carbocycles. The van der Waals surface area contributed by atoms with Crippen LogP contribution in [-0.2, 0) is 28.4 Å². The SMILES string of the molecule is COC(=O)C1=C(c2ccncc2)[N+](Cc2cc(C(F)(F)F)cc(C(F)(F)F)c2)(C(N)=O)N=N1. The average Bonchev–Trinajstić information content (AvgIpc) is 3.12. The van der Waals surface area contributed by atoms with Crippen LogP contribution in [0.15, 0.2) is 58.8 Å². The van der Waals surface area contributed by atoms with Crippen molar-refractivity contribution in [3.8, 4) is 0 Å². The first kappa shape index (κ1) is 23.8. The van der Waals surface area contributed by atoms with Crippen molar-refractivity contribution in [3.05, 3.63) is 70.7 Å². The average molecular weight is 474 g/mol. The smallest absolute Gasteiger partial charge is 0.447 e. The topological polar surface area (TPSA) is 107 Å². The molecule has 14 heteroatoms. The van der Waals surface area contributed by atoms with Crippen molar-refractivity contribution >= 4 is 17.7 Å². The predicted molar refractivity (Wildman–Crippen MR) is 98.0 cm³/mol. The van der Waals surface area contributed by atoms with Gasteiger partial charge in [-0.1, -0.05) is 9.71 Å². The molecule has 8 nitrogen and oxygen atoms in total. The van der Waals surface area contributed by atoms with Crippen molar-refractivity contribution in [1.29, 1.82) is 0 Å². The lowest BCUT2D eigenvalue weighted by Gasteiger charge is -2.25. The van der Waals surface area contributed by atoms with E-state index in [1.54, 1.807) is 0 Å². The lowest BCUT2D eigenvalue weighted by molar-refractivity contribution is -0.799. The van der Waals surface area contributed by atoms with E-state index in [1.807, 2.05) is 0 Å². The summed E-state index contributed by atoms with van der Waals surface area (Å²) in [6.07, 6.45) is -7.67. The number of nitrogens with two attached hydrogens (primary N) is 1. The molecule has 0 saturated carbocycles. The van der Waals surface area contributed by atoms with Gasteiger partial charge in [-0.3, -0.25) is 4.98 Å². The Balaban J connectivity index is 2.25. The van der Waals surface area contributed by atoms with Crippen molar-refractivity contribution in [2.45, 2.75) is 18.9 Å². The molecule has 2 N–H and O–H groups in total. The van der Waals surface area contributed by atoms with Gasteiger partial charge in [0.1, 0.15) is 6.54 Å². The summed E-state index contributed by atoms with van der Waals surface area (Å²) in [6, 6.07) is 2.18. The number of benzene rings is 1. The van der Waals surface area contributed by atoms with Crippen LogP contribution < -0.4 is 5.73 Å². The minimum Gasteiger partial charge on any atom is -0.464 e. The van der Waals surface area contributed by atoms with Crippen LogP contribution in [0.5, 0.6) is 0 Å². The highest BCUT2D eigenvalue weighted by Crippen LogP contribution is 2.42. The van der Waals surface area contributed by atoms with Crippen molar-refractivity contribution in [3.63, 3.8) is 0 Å². The number of amides is 2. The van der Waals surface area contributed by atoms with Crippen molar-refractivity contribution < 1.29 is 45.3 Å². The second kappa shape index (κ2) is 8.27. The van der Waals surface area contributed by atoms with Crippen molar-refractivity contribution in [2.24, 2.45) is 16.1 Å². The Morgan fingerprint density at radius 3 is 2.00 bits per heavy atom. The summed E-state index contributed by atoms with van der Waals surface area (Å²) in [6.45, 7) is -0.899. The molecule has 1 aliphatic rings. The molecule has 0 radical (unpaired) electrons. The molecule has 1 unspecified atom stereocenters. The Kier molecular flexibility index (Phi) is 5.98. The number of carbonyl (C=O) groups excluding carboxylic acids is 2. The molecule has 1 aromatic heterocycles. The zero-order valence-electron chi connectivity index (χ0n) is 16.6. The fraction of sp³-hybridized carbons (Fsp3) is 0.211. The Morgan fingerprint density at radius 2 is 1.55 bits per heavy atom. The molecule has 0 saturated heterocycles. The standard InChI is InChI=1S/C19H13F6N5O3/c1-33-16(31)14-15(11-2-4-27-5-3-11)30(17(26)32,29-28-14)9-10-6-12(18(20,21)22)8-13(7-10)19(23,24)25/h2-8H,9H2,1H3,(H-,26,32)/p+1. The minimum absolute atomic E-state index is 0.0525. The molecule has 0 aliphatic carbocycles. The van der Waals surface area contributed by atoms with Crippen LogP contribution in [0.1, 0.15) is 22.3 Å². The normalized spacial score (nSPS) is 18.5. The summed E-state index contributed by atoms with van der Waals surface area (Å²) in [5.41, 5.74) is 1.08. The summed E-state index contributed by atoms with van der Waals surface area (Å²) in [5, 5.41) is 7.30. The van der Waals surface area contributed by atoms with Crippen LogP contribution in [0.4, 0.5) is 31.1 Å². The first-order valence-electron chi connectivity index (χ1n) is 8.93. The lowest BCUT2D eigenvalue weighted by atomic mass is 10.0. The monoisotopic (exact) mass is 474 g/mol. The van der Waals surface area contributed by atoms with E-state index in [0.717, 1.165) is 7.11 Å². The number of urea groups is 1. The zero-order chi connectivity index (χ0) is 24.6. The molecular formula is C19H14F6N5O3+. The van der Waals surface area contributed by atoms with Crippen molar-refractivity contribution in [1.82, 2.24) is 4.98 Å².